The minimum absolute atomic E-state index is 0.0649. The molecule has 0 aliphatic carbocycles. The fraction of sp³-hybridized carbons (Fsp3) is 0.900. The molecule has 0 N–H and O–H groups in total. The van der Waals surface area contributed by atoms with E-state index in [1.54, 1.807) is 0 Å². The summed E-state index contributed by atoms with van der Waals surface area (Å²) in [6, 6.07) is 0. The molecule has 0 aromatic heterocycles. The number of unbranched alkanes of at least 4 members (excludes halogenated alkanes) is 1. The minimum atomic E-state index is -2.21. The van der Waals surface area contributed by atoms with E-state index in [2.05, 4.69) is 49.5 Å². The fourth-order valence-corrected chi connectivity index (χ4v) is 2.80. The molecule has 0 fully saturated rings. The molecule has 0 amide bonds. The van der Waals surface area contributed by atoms with Crippen LogP contribution in [-0.2, 0) is 4.74 Å². The second-order valence-corrected chi connectivity index (χ2v) is 17.8. The number of ether oxygens (including phenoxy) is 1. The Morgan fingerprint density at radius 3 is 2.14 bits per heavy atom. The SMILES string of the molecule is CCCCOC(=O)P(C)(I)(CC)CC. The Hall–Kier alpha value is 0.630. The summed E-state index contributed by atoms with van der Waals surface area (Å²) in [4.78, 5) is 12.0. The maximum absolute atomic E-state index is 12.0. The summed E-state index contributed by atoms with van der Waals surface area (Å²) in [6.45, 7) is 8.98. The Morgan fingerprint density at radius 1 is 1.29 bits per heavy atom. The van der Waals surface area contributed by atoms with Gasteiger partial charge in [-0.25, -0.2) is 0 Å². The molecule has 0 radical (unpaired) electrons. The summed E-state index contributed by atoms with van der Waals surface area (Å²) in [5.41, 5.74) is 0.0649. The molecule has 86 valence electrons. The van der Waals surface area contributed by atoms with Gasteiger partial charge in [0.15, 0.2) is 0 Å². The third-order valence-corrected chi connectivity index (χ3v) is 12.6. The molecule has 14 heavy (non-hydrogen) atoms. The number of carbonyl (C=O) groups is 1. The van der Waals surface area contributed by atoms with E-state index in [1.165, 1.54) is 0 Å². The van der Waals surface area contributed by atoms with E-state index in [4.69, 9.17) is 4.74 Å². The van der Waals surface area contributed by atoms with Crippen molar-refractivity contribution in [2.45, 2.75) is 33.6 Å². The summed E-state index contributed by atoms with van der Waals surface area (Å²) in [5.74, 6) is 0. The predicted molar refractivity (Wildman–Crippen MR) is 74.2 cm³/mol. The summed E-state index contributed by atoms with van der Waals surface area (Å²) >= 11 is 2.37. The van der Waals surface area contributed by atoms with Crippen LogP contribution in [0, 0.1) is 0 Å². The standard InChI is InChI=1S/C10H22IO2P/c1-5-8-9-13-10(12)14(4,11,6-2)7-3/h5-9H2,1-4H3. The van der Waals surface area contributed by atoms with Crippen molar-refractivity contribution in [2.75, 3.05) is 25.6 Å². The molecule has 0 bridgehead atoms. The van der Waals surface area contributed by atoms with Gasteiger partial charge in [-0.05, 0) is 0 Å². The summed E-state index contributed by atoms with van der Waals surface area (Å²) in [6.07, 6.45) is 3.93. The Kier molecular flexibility index (Phi) is 5.90. The van der Waals surface area contributed by atoms with Crippen LogP contribution >= 0.6 is 26.3 Å². The van der Waals surface area contributed by atoms with Gasteiger partial charge in [0, 0.05) is 0 Å². The van der Waals surface area contributed by atoms with Crippen molar-refractivity contribution in [3.8, 4) is 0 Å². The van der Waals surface area contributed by atoms with E-state index in [9.17, 15) is 4.79 Å². The third-order valence-electron chi connectivity index (χ3n) is 2.87. The topological polar surface area (TPSA) is 26.3 Å². The van der Waals surface area contributed by atoms with E-state index in [1.807, 2.05) is 0 Å². The van der Waals surface area contributed by atoms with Crippen molar-refractivity contribution in [1.29, 1.82) is 0 Å². The molecule has 0 aliphatic heterocycles. The summed E-state index contributed by atoms with van der Waals surface area (Å²) in [5, 5.41) is 0. The Labute approximate surface area is 101 Å². The zero-order chi connectivity index (χ0) is 11.3. The van der Waals surface area contributed by atoms with E-state index < -0.39 is 4.25 Å². The van der Waals surface area contributed by atoms with Gasteiger partial charge in [0.05, 0.1) is 0 Å². The van der Waals surface area contributed by atoms with Gasteiger partial charge in [0.25, 0.3) is 0 Å². The monoisotopic (exact) mass is 332 g/mol. The molecular weight excluding hydrogens is 310 g/mol. The fourth-order valence-electron chi connectivity index (χ4n) is 0.966. The van der Waals surface area contributed by atoms with Crippen molar-refractivity contribution in [3.63, 3.8) is 0 Å². The van der Waals surface area contributed by atoms with Crippen LogP contribution in [0.3, 0.4) is 0 Å². The van der Waals surface area contributed by atoms with Gasteiger partial charge in [-0.2, -0.15) is 0 Å². The molecule has 0 saturated carbocycles. The average Bonchev–Trinajstić information content (AvgIpc) is 2.18. The van der Waals surface area contributed by atoms with Crippen LogP contribution < -0.4 is 0 Å². The Bertz CT molecular complexity index is 196. The van der Waals surface area contributed by atoms with Gasteiger partial charge in [0.1, 0.15) is 0 Å². The van der Waals surface area contributed by atoms with E-state index in [0.29, 0.717) is 6.61 Å². The van der Waals surface area contributed by atoms with Gasteiger partial charge in [0.2, 0.25) is 0 Å². The van der Waals surface area contributed by atoms with Gasteiger partial charge in [-0.1, -0.05) is 0 Å². The van der Waals surface area contributed by atoms with Crippen LogP contribution in [0.5, 0.6) is 0 Å². The van der Waals surface area contributed by atoms with E-state index in [-0.39, 0.29) is 5.71 Å². The van der Waals surface area contributed by atoms with Crippen LogP contribution in [0.1, 0.15) is 33.6 Å². The Balaban J connectivity index is 4.33. The molecule has 0 aromatic rings. The van der Waals surface area contributed by atoms with Crippen molar-refractivity contribution in [2.24, 2.45) is 0 Å². The van der Waals surface area contributed by atoms with Crippen molar-refractivity contribution in [3.05, 3.63) is 0 Å². The Morgan fingerprint density at radius 2 is 1.79 bits per heavy atom. The van der Waals surface area contributed by atoms with E-state index in [0.717, 1.165) is 25.2 Å². The van der Waals surface area contributed by atoms with Crippen molar-refractivity contribution >= 4 is 32.0 Å². The molecule has 0 aromatic carbocycles. The van der Waals surface area contributed by atoms with Crippen LogP contribution in [0.4, 0.5) is 4.79 Å². The average molecular weight is 332 g/mol. The van der Waals surface area contributed by atoms with Crippen LogP contribution in [0.25, 0.3) is 0 Å². The van der Waals surface area contributed by atoms with Crippen LogP contribution in [0.15, 0.2) is 0 Å². The summed E-state index contributed by atoms with van der Waals surface area (Å²) in [7, 11) is 0. The first-order valence-corrected chi connectivity index (χ1v) is 11.1. The molecule has 0 atom stereocenters. The molecule has 0 saturated heterocycles. The molecule has 0 unspecified atom stereocenters. The summed E-state index contributed by atoms with van der Waals surface area (Å²) < 4.78 is 3.13. The molecule has 0 aliphatic rings. The quantitative estimate of drug-likeness (QED) is 0.407. The molecule has 0 heterocycles. The molecule has 2 nitrogen and oxygen atoms in total. The number of carbonyl (C=O) groups excluding carboxylic acids is 1. The zero-order valence-corrected chi connectivity index (χ0v) is 12.7. The van der Waals surface area contributed by atoms with Crippen molar-refractivity contribution < 1.29 is 9.53 Å². The third kappa shape index (κ3) is 3.65. The van der Waals surface area contributed by atoms with Gasteiger partial charge in [-0.3, -0.25) is 0 Å². The first-order chi connectivity index (χ1) is 6.39. The zero-order valence-electron chi connectivity index (χ0n) is 9.68. The number of rotatable bonds is 6. The van der Waals surface area contributed by atoms with Crippen molar-refractivity contribution in [1.82, 2.24) is 0 Å². The van der Waals surface area contributed by atoms with Crippen LogP contribution in [0.2, 0.25) is 0 Å². The van der Waals surface area contributed by atoms with Gasteiger partial charge in [-0.15, -0.1) is 0 Å². The number of halogens is 1. The molecule has 0 spiro atoms. The molecule has 0 rings (SSSR count). The van der Waals surface area contributed by atoms with Gasteiger partial charge >= 0.3 is 101 Å². The number of hydrogen-bond donors (Lipinski definition) is 0. The first-order valence-electron chi connectivity index (χ1n) is 5.29. The van der Waals surface area contributed by atoms with E-state index >= 15 is 0 Å². The molecular formula is C10H22IO2P. The van der Waals surface area contributed by atoms with Gasteiger partial charge < -0.3 is 0 Å². The number of hydrogen-bond acceptors (Lipinski definition) is 2. The maximum atomic E-state index is 12.0. The molecule has 4 heteroatoms. The second-order valence-electron chi connectivity index (χ2n) is 3.99. The first kappa shape index (κ1) is 14.6. The predicted octanol–water partition coefficient (Wildman–Crippen LogP) is 4.50. The van der Waals surface area contributed by atoms with Crippen LogP contribution in [-0.4, -0.2) is 31.3 Å². The second kappa shape index (κ2) is 5.64. The normalized spacial score (nSPS) is 14.5.